The number of carbonyl (C=O) groups is 2. The summed E-state index contributed by atoms with van der Waals surface area (Å²) in [5, 5.41) is 0. The lowest BCUT2D eigenvalue weighted by Crippen LogP contribution is -2.38. The summed E-state index contributed by atoms with van der Waals surface area (Å²) >= 11 is 1.53. The second-order valence-corrected chi connectivity index (χ2v) is 7.01. The Hall–Kier alpha value is -1.73. The molecule has 0 saturated carbocycles. The quantitative estimate of drug-likeness (QED) is 0.594. The molecule has 0 aliphatic rings. The molecule has 0 fully saturated rings. The van der Waals surface area contributed by atoms with Crippen molar-refractivity contribution in [1.29, 1.82) is 0 Å². The van der Waals surface area contributed by atoms with Gasteiger partial charge < -0.3 is 19.9 Å². The molecule has 0 amide bonds. The van der Waals surface area contributed by atoms with Crippen LogP contribution in [0.4, 0.5) is 0 Å². The third-order valence-corrected chi connectivity index (χ3v) is 3.72. The minimum Gasteiger partial charge on any atom is -0.493 e. The molecule has 0 spiro atoms. The molecule has 0 aliphatic carbocycles. The molecule has 0 aromatic heterocycles. The van der Waals surface area contributed by atoms with Crippen molar-refractivity contribution in [2.45, 2.75) is 43.7 Å². The Bertz CT molecular complexity index is 583. The van der Waals surface area contributed by atoms with Crippen molar-refractivity contribution < 1.29 is 23.8 Å². The highest BCUT2D eigenvalue weighted by atomic mass is 32.2. The van der Waals surface area contributed by atoms with Crippen molar-refractivity contribution in [1.82, 2.24) is 0 Å². The maximum Gasteiger partial charge on any atom is 0.341 e. The van der Waals surface area contributed by atoms with Gasteiger partial charge in [-0.05, 0) is 45.2 Å². The minimum atomic E-state index is -0.783. The number of hydrogen-bond donors (Lipinski definition) is 1. The van der Waals surface area contributed by atoms with Crippen molar-refractivity contribution in [2.75, 3.05) is 20.0 Å². The number of benzene rings is 1. The zero-order valence-corrected chi connectivity index (χ0v) is 15.6. The Morgan fingerprint density at radius 3 is 2.50 bits per heavy atom. The van der Waals surface area contributed by atoms with Crippen molar-refractivity contribution in [3.63, 3.8) is 0 Å². The summed E-state index contributed by atoms with van der Waals surface area (Å²) in [6.45, 7) is 5.53. The molecule has 1 aromatic rings. The second kappa shape index (κ2) is 8.94. The Morgan fingerprint density at radius 1 is 1.29 bits per heavy atom. The van der Waals surface area contributed by atoms with Crippen LogP contribution in [-0.2, 0) is 14.3 Å². The summed E-state index contributed by atoms with van der Waals surface area (Å²) in [5.74, 6) is -0.545. The molecule has 6 nitrogen and oxygen atoms in total. The van der Waals surface area contributed by atoms with Gasteiger partial charge in [0.15, 0.2) is 0 Å². The molecule has 0 radical (unpaired) electrons. The SMILES string of the molecule is COC(=O)c1ccc(SC)cc1OCCC(N)C(=O)OC(C)(C)C. The molecule has 1 rings (SSSR count). The first kappa shape index (κ1) is 20.3. The number of methoxy groups -OCH3 is 1. The molecule has 2 N–H and O–H groups in total. The number of carbonyl (C=O) groups excluding carboxylic acids is 2. The molecule has 134 valence electrons. The van der Waals surface area contributed by atoms with Crippen molar-refractivity contribution >= 4 is 23.7 Å². The van der Waals surface area contributed by atoms with Crippen molar-refractivity contribution in [2.24, 2.45) is 5.73 Å². The predicted molar refractivity (Wildman–Crippen MR) is 93.5 cm³/mol. The zero-order valence-electron chi connectivity index (χ0n) is 14.8. The highest BCUT2D eigenvalue weighted by Crippen LogP contribution is 2.26. The lowest BCUT2D eigenvalue weighted by atomic mass is 10.1. The van der Waals surface area contributed by atoms with Gasteiger partial charge in [0.25, 0.3) is 0 Å². The van der Waals surface area contributed by atoms with Crippen LogP contribution in [0.1, 0.15) is 37.6 Å². The minimum absolute atomic E-state index is 0.183. The van der Waals surface area contributed by atoms with E-state index in [-0.39, 0.29) is 13.0 Å². The normalized spacial score (nSPS) is 12.4. The van der Waals surface area contributed by atoms with Gasteiger partial charge in [-0.25, -0.2) is 4.79 Å². The summed E-state index contributed by atoms with van der Waals surface area (Å²) in [7, 11) is 1.31. The topological polar surface area (TPSA) is 87.9 Å². The third kappa shape index (κ3) is 6.41. The predicted octanol–water partition coefficient (Wildman–Crippen LogP) is 2.63. The molecular weight excluding hydrogens is 330 g/mol. The number of thioether (sulfide) groups is 1. The number of rotatable bonds is 7. The number of esters is 2. The summed E-state index contributed by atoms with van der Waals surface area (Å²) in [6.07, 6.45) is 2.20. The first-order chi connectivity index (χ1) is 11.2. The van der Waals surface area contributed by atoms with Crippen LogP contribution < -0.4 is 10.5 Å². The van der Waals surface area contributed by atoms with Gasteiger partial charge in [-0.1, -0.05) is 0 Å². The Morgan fingerprint density at radius 2 is 1.96 bits per heavy atom. The van der Waals surface area contributed by atoms with E-state index in [9.17, 15) is 9.59 Å². The fraction of sp³-hybridized carbons (Fsp3) is 0.529. The van der Waals surface area contributed by atoms with Crippen LogP contribution in [0.15, 0.2) is 23.1 Å². The van der Waals surface area contributed by atoms with E-state index in [0.717, 1.165) is 4.90 Å². The number of nitrogens with two attached hydrogens (primary N) is 1. The first-order valence-corrected chi connectivity index (χ1v) is 8.78. The average Bonchev–Trinajstić information content (AvgIpc) is 2.52. The lowest BCUT2D eigenvalue weighted by Gasteiger charge is -2.22. The van der Waals surface area contributed by atoms with Gasteiger partial charge in [0, 0.05) is 11.3 Å². The number of ether oxygens (including phenoxy) is 3. The highest BCUT2D eigenvalue weighted by molar-refractivity contribution is 7.98. The van der Waals surface area contributed by atoms with E-state index in [0.29, 0.717) is 11.3 Å². The van der Waals surface area contributed by atoms with Crippen LogP contribution in [0.25, 0.3) is 0 Å². The molecule has 0 saturated heterocycles. The molecule has 1 aromatic carbocycles. The van der Waals surface area contributed by atoms with E-state index in [1.165, 1.54) is 18.9 Å². The number of hydrogen-bond acceptors (Lipinski definition) is 7. The van der Waals surface area contributed by atoms with Crippen LogP contribution in [0.5, 0.6) is 5.75 Å². The van der Waals surface area contributed by atoms with Crippen LogP contribution in [0.2, 0.25) is 0 Å². The van der Waals surface area contributed by atoms with Gasteiger partial charge in [-0.2, -0.15) is 0 Å². The average molecular weight is 355 g/mol. The van der Waals surface area contributed by atoms with Crippen molar-refractivity contribution in [3.8, 4) is 5.75 Å². The molecule has 1 atom stereocenters. The largest absolute Gasteiger partial charge is 0.493 e. The van der Waals surface area contributed by atoms with Gasteiger partial charge in [-0.15, -0.1) is 11.8 Å². The third-order valence-electron chi connectivity index (χ3n) is 2.99. The van der Waals surface area contributed by atoms with Gasteiger partial charge in [0.05, 0.1) is 13.7 Å². The molecule has 0 heterocycles. The smallest absolute Gasteiger partial charge is 0.341 e. The fourth-order valence-electron chi connectivity index (χ4n) is 1.82. The molecule has 1 unspecified atom stereocenters. The van der Waals surface area contributed by atoms with Gasteiger partial charge >= 0.3 is 11.9 Å². The Labute approximate surface area is 147 Å². The maximum atomic E-state index is 11.8. The summed E-state index contributed by atoms with van der Waals surface area (Å²) in [4.78, 5) is 24.6. The summed E-state index contributed by atoms with van der Waals surface area (Å²) in [6, 6.07) is 4.45. The highest BCUT2D eigenvalue weighted by Gasteiger charge is 2.22. The summed E-state index contributed by atoms with van der Waals surface area (Å²) in [5.41, 5.74) is 5.57. The molecule has 24 heavy (non-hydrogen) atoms. The fourth-order valence-corrected chi connectivity index (χ4v) is 2.25. The van der Waals surface area contributed by atoms with Gasteiger partial charge in [-0.3, -0.25) is 4.79 Å². The Balaban J connectivity index is 2.69. The molecule has 0 aliphatic heterocycles. The van der Waals surface area contributed by atoms with Gasteiger partial charge in [0.1, 0.15) is 23.0 Å². The van der Waals surface area contributed by atoms with E-state index < -0.39 is 23.6 Å². The molecule has 7 heteroatoms. The zero-order chi connectivity index (χ0) is 18.3. The molecule has 0 bridgehead atoms. The van der Waals surface area contributed by atoms with Crippen LogP contribution in [-0.4, -0.2) is 43.6 Å². The van der Waals surface area contributed by atoms with Crippen LogP contribution in [0, 0.1) is 0 Å². The van der Waals surface area contributed by atoms with E-state index in [2.05, 4.69) is 0 Å². The van der Waals surface area contributed by atoms with Crippen LogP contribution in [0.3, 0.4) is 0 Å². The van der Waals surface area contributed by atoms with Crippen molar-refractivity contribution in [3.05, 3.63) is 23.8 Å². The lowest BCUT2D eigenvalue weighted by molar-refractivity contribution is -0.156. The monoisotopic (exact) mass is 355 g/mol. The maximum absolute atomic E-state index is 11.8. The summed E-state index contributed by atoms with van der Waals surface area (Å²) < 4.78 is 15.6. The standard InChI is InChI=1S/C17H25NO5S/c1-17(2,3)23-16(20)13(18)8-9-22-14-10-11(24-5)6-7-12(14)15(19)21-4/h6-7,10,13H,8-9,18H2,1-5H3. The van der Waals surface area contributed by atoms with E-state index in [4.69, 9.17) is 19.9 Å². The van der Waals surface area contributed by atoms with E-state index >= 15 is 0 Å². The second-order valence-electron chi connectivity index (χ2n) is 6.13. The van der Waals surface area contributed by atoms with E-state index in [1.54, 1.807) is 32.9 Å². The molecular formula is C17H25NO5S. The van der Waals surface area contributed by atoms with Gasteiger partial charge in [0.2, 0.25) is 0 Å². The van der Waals surface area contributed by atoms with E-state index in [1.807, 2.05) is 12.3 Å². The Kier molecular flexibility index (Phi) is 7.57. The first-order valence-electron chi connectivity index (χ1n) is 7.55. The van der Waals surface area contributed by atoms with Crippen LogP contribution >= 0.6 is 11.8 Å².